The molecule has 0 amide bonds. The predicted octanol–water partition coefficient (Wildman–Crippen LogP) is 3.52. The molecule has 25 heavy (non-hydrogen) atoms. The van der Waals surface area contributed by atoms with Crippen LogP contribution < -0.4 is 5.32 Å². The van der Waals surface area contributed by atoms with Gasteiger partial charge in [-0.1, -0.05) is 19.3 Å². The van der Waals surface area contributed by atoms with E-state index in [-0.39, 0.29) is 0 Å². The lowest BCUT2D eigenvalue weighted by Crippen LogP contribution is -2.43. The molecule has 2 aromatic rings. The van der Waals surface area contributed by atoms with Crippen molar-refractivity contribution in [2.75, 3.05) is 18.4 Å². The van der Waals surface area contributed by atoms with Gasteiger partial charge in [0.2, 0.25) is 0 Å². The number of anilines is 2. The van der Waals surface area contributed by atoms with Gasteiger partial charge in [0.15, 0.2) is 0 Å². The summed E-state index contributed by atoms with van der Waals surface area (Å²) in [4.78, 5) is 20.2. The summed E-state index contributed by atoms with van der Waals surface area (Å²) in [6.45, 7) is 2.36. The number of likely N-dealkylation sites (tertiary alicyclic amines) is 1. The second-order valence-electron chi connectivity index (χ2n) is 7.17. The van der Waals surface area contributed by atoms with Crippen molar-refractivity contribution in [3.8, 4) is 0 Å². The maximum atomic E-state index is 4.80. The molecule has 2 aromatic heterocycles. The van der Waals surface area contributed by atoms with E-state index in [0.29, 0.717) is 11.7 Å². The molecule has 0 aromatic carbocycles. The molecule has 6 nitrogen and oxygen atoms in total. The molecule has 4 rings (SSSR count). The van der Waals surface area contributed by atoms with Crippen molar-refractivity contribution < 1.29 is 0 Å². The topological polar surface area (TPSA) is 66.8 Å². The molecule has 1 atom stereocenters. The molecule has 0 radical (unpaired) electrons. The van der Waals surface area contributed by atoms with Gasteiger partial charge in [-0.2, -0.15) is 0 Å². The lowest BCUT2D eigenvalue weighted by Gasteiger charge is -2.39. The fraction of sp³-hybridized carbons (Fsp3) is 0.579. The van der Waals surface area contributed by atoms with Crippen LogP contribution in [-0.4, -0.2) is 44.0 Å². The normalized spacial score (nSPS) is 22.6. The van der Waals surface area contributed by atoms with Gasteiger partial charge in [-0.25, -0.2) is 9.97 Å². The van der Waals surface area contributed by atoms with Crippen molar-refractivity contribution in [2.24, 2.45) is 0 Å². The van der Waals surface area contributed by atoms with Crippen LogP contribution >= 0.6 is 0 Å². The summed E-state index contributed by atoms with van der Waals surface area (Å²) in [5, 5.41) is 3.20. The SMILES string of the molecule is c1cnc(Nc2cncc([C@@H]3CCCN(C4CCCCC4)C3)n2)cn1. The Morgan fingerprint density at radius 2 is 1.76 bits per heavy atom. The van der Waals surface area contributed by atoms with Crippen LogP contribution in [0.5, 0.6) is 0 Å². The Balaban J connectivity index is 1.44. The van der Waals surface area contributed by atoms with E-state index >= 15 is 0 Å². The number of nitrogens with zero attached hydrogens (tertiary/aromatic N) is 5. The Labute approximate surface area is 149 Å². The molecule has 0 spiro atoms. The van der Waals surface area contributed by atoms with Gasteiger partial charge in [-0.05, 0) is 32.2 Å². The zero-order valence-corrected chi connectivity index (χ0v) is 14.6. The zero-order chi connectivity index (χ0) is 16.9. The van der Waals surface area contributed by atoms with Crippen molar-refractivity contribution in [1.29, 1.82) is 0 Å². The smallest absolute Gasteiger partial charge is 0.150 e. The quantitative estimate of drug-likeness (QED) is 0.920. The number of hydrogen-bond acceptors (Lipinski definition) is 6. The highest BCUT2D eigenvalue weighted by Gasteiger charge is 2.28. The Morgan fingerprint density at radius 1 is 0.880 bits per heavy atom. The van der Waals surface area contributed by atoms with Crippen molar-refractivity contribution in [3.63, 3.8) is 0 Å². The van der Waals surface area contributed by atoms with Crippen molar-refractivity contribution in [2.45, 2.75) is 56.9 Å². The van der Waals surface area contributed by atoms with E-state index in [2.05, 4.69) is 25.2 Å². The fourth-order valence-electron chi connectivity index (χ4n) is 4.16. The zero-order valence-electron chi connectivity index (χ0n) is 14.6. The van der Waals surface area contributed by atoms with Gasteiger partial charge in [-0.15, -0.1) is 0 Å². The predicted molar refractivity (Wildman–Crippen MR) is 97.8 cm³/mol. The van der Waals surface area contributed by atoms with Crippen LogP contribution in [0.15, 0.2) is 31.0 Å². The lowest BCUT2D eigenvalue weighted by atomic mass is 9.89. The van der Waals surface area contributed by atoms with Gasteiger partial charge in [0.1, 0.15) is 11.6 Å². The summed E-state index contributed by atoms with van der Waals surface area (Å²) in [7, 11) is 0. The minimum absolute atomic E-state index is 0.479. The molecule has 1 aliphatic heterocycles. The van der Waals surface area contributed by atoms with Crippen molar-refractivity contribution >= 4 is 11.6 Å². The first kappa shape index (κ1) is 16.4. The third-order valence-corrected chi connectivity index (χ3v) is 5.43. The molecule has 1 saturated heterocycles. The maximum absolute atomic E-state index is 4.80. The maximum Gasteiger partial charge on any atom is 0.150 e. The molecule has 1 saturated carbocycles. The largest absolute Gasteiger partial charge is 0.322 e. The van der Waals surface area contributed by atoms with Crippen LogP contribution in [-0.2, 0) is 0 Å². The van der Waals surface area contributed by atoms with Crippen LogP contribution in [0.2, 0.25) is 0 Å². The average Bonchev–Trinajstić information content (AvgIpc) is 2.70. The van der Waals surface area contributed by atoms with Crippen LogP contribution in [0.25, 0.3) is 0 Å². The molecule has 132 valence electrons. The van der Waals surface area contributed by atoms with Crippen LogP contribution in [0.1, 0.15) is 56.6 Å². The second-order valence-corrected chi connectivity index (χ2v) is 7.17. The van der Waals surface area contributed by atoms with E-state index in [9.17, 15) is 0 Å². The fourth-order valence-corrected chi connectivity index (χ4v) is 4.16. The Bertz CT molecular complexity index is 671. The second kappa shape index (κ2) is 7.87. The first-order chi connectivity index (χ1) is 12.4. The van der Waals surface area contributed by atoms with Crippen LogP contribution in [0.4, 0.5) is 11.6 Å². The highest BCUT2D eigenvalue weighted by Crippen LogP contribution is 2.31. The van der Waals surface area contributed by atoms with E-state index < -0.39 is 0 Å². The van der Waals surface area contributed by atoms with Gasteiger partial charge in [0.25, 0.3) is 0 Å². The first-order valence-electron chi connectivity index (χ1n) is 9.47. The summed E-state index contributed by atoms with van der Waals surface area (Å²) < 4.78 is 0. The molecular formula is C19H26N6. The molecule has 0 unspecified atom stereocenters. The molecular weight excluding hydrogens is 312 g/mol. The highest BCUT2D eigenvalue weighted by molar-refractivity contribution is 5.48. The molecule has 2 fully saturated rings. The molecule has 1 N–H and O–H groups in total. The third-order valence-electron chi connectivity index (χ3n) is 5.43. The Hall–Kier alpha value is -2.08. The van der Waals surface area contributed by atoms with E-state index in [1.54, 1.807) is 24.8 Å². The van der Waals surface area contributed by atoms with Crippen LogP contribution in [0.3, 0.4) is 0 Å². The number of hydrogen-bond donors (Lipinski definition) is 1. The summed E-state index contributed by atoms with van der Waals surface area (Å²) in [5.74, 6) is 1.92. The monoisotopic (exact) mass is 338 g/mol. The first-order valence-corrected chi connectivity index (χ1v) is 9.47. The standard InChI is InChI=1S/C19H26N6/c1-2-6-16(7-3-1)25-10-4-5-15(14-25)17-11-21-13-19(23-17)24-18-12-20-8-9-22-18/h8-9,11-13,15-16H,1-7,10,14H2,(H,22,23,24)/t15-/m1/s1. The van der Waals surface area contributed by atoms with Crippen molar-refractivity contribution in [3.05, 3.63) is 36.7 Å². The molecule has 0 bridgehead atoms. The minimum Gasteiger partial charge on any atom is -0.322 e. The van der Waals surface area contributed by atoms with Crippen molar-refractivity contribution in [1.82, 2.24) is 24.8 Å². The van der Waals surface area contributed by atoms with Gasteiger partial charge in [0, 0.05) is 37.1 Å². The lowest BCUT2D eigenvalue weighted by molar-refractivity contribution is 0.118. The molecule has 6 heteroatoms. The van der Waals surface area contributed by atoms with Gasteiger partial charge in [0.05, 0.1) is 18.1 Å². The van der Waals surface area contributed by atoms with E-state index in [0.717, 1.165) is 24.1 Å². The summed E-state index contributed by atoms with van der Waals surface area (Å²) in [6.07, 6.45) is 18.1. The average molecular weight is 338 g/mol. The van der Waals surface area contributed by atoms with E-state index in [1.807, 2.05) is 6.20 Å². The van der Waals surface area contributed by atoms with Gasteiger partial charge < -0.3 is 5.32 Å². The van der Waals surface area contributed by atoms with E-state index in [4.69, 9.17) is 4.98 Å². The summed E-state index contributed by atoms with van der Waals surface area (Å²) in [5.41, 5.74) is 1.09. The number of piperidine rings is 1. The minimum atomic E-state index is 0.479. The summed E-state index contributed by atoms with van der Waals surface area (Å²) >= 11 is 0. The number of rotatable bonds is 4. The van der Waals surface area contributed by atoms with Gasteiger partial charge >= 0.3 is 0 Å². The van der Waals surface area contributed by atoms with Crippen LogP contribution in [0, 0.1) is 0 Å². The number of aromatic nitrogens is 4. The molecule has 1 aliphatic carbocycles. The number of nitrogens with one attached hydrogen (secondary N) is 1. The molecule has 2 aliphatic rings. The Morgan fingerprint density at radius 3 is 2.60 bits per heavy atom. The van der Waals surface area contributed by atoms with E-state index in [1.165, 1.54) is 51.5 Å². The van der Waals surface area contributed by atoms with Gasteiger partial charge in [-0.3, -0.25) is 14.9 Å². The Kier molecular flexibility index (Phi) is 5.16. The summed E-state index contributed by atoms with van der Waals surface area (Å²) in [6, 6.07) is 0.783. The molecule has 3 heterocycles. The highest BCUT2D eigenvalue weighted by atomic mass is 15.2. The third kappa shape index (κ3) is 4.12.